The van der Waals surface area contributed by atoms with Crippen LogP contribution >= 0.6 is 0 Å². The molecule has 2 heterocycles. The molecule has 3 aromatic rings. The Hall–Kier alpha value is -2.11. The number of benzene rings is 2. The number of rotatable bonds is 2. The molecule has 0 saturated heterocycles. The summed E-state index contributed by atoms with van der Waals surface area (Å²) in [6.45, 7) is 1.00. The summed E-state index contributed by atoms with van der Waals surface area (Å²) in [5.74, 6) is 0. The van der Waals surface area contributed by atoms with E-state index in [9.17, 15) is 8.42 Å². The van der Waals surface area contributed by atoms with Gasteiger partial charge in [-0.2, -0.15) is 4.31 Å². The fourth-order valence-electron chi connectivity index (χ4n) is 4.55. The third-order valence-corrected chi connectivity index (χ3v) is 7.89. The van der Waals surface area contributed by atoms with Gasteiger partial charge in [-0.3, -0.25) is 0 Å². The van der Waals surface area contributed by atoms with Gasteiger partial charge in [-0.15, -0.1) is 0 Å². The molecule has 2 aliphatic rings. The third kappa shape index (κ3) is 2.89. The Morgan fingerprint density at radius 2 is 1.70 bits per heavy atom. The summed E-state index contributed by atoms with van der Waals surface area (Å²) in [4.78, 5) is 3.94. The number of sulfonamides is 1. The molecule has 0 unspecified atom stereocenters. The van der Waals surface area contributed by atoms with Crippen molar-refractivity contribution in [2.75, 3.05) is 6.54 Å². The van der Waals surface area contributed by atoms with Crippen LogP contribution in [0, 0.1) is 0 Å². The van der Waals surface area contributed by atoms with Crippen molar-refractivity contribution < 1.29 is 8.42 Å². The van der Waals surface area contributed by atoms with Gasteiger partial charge < -0.3 is 4.98 Å². The molecule has 0 bridgehead atoms. The highest BCUT2D eigenvalue weighted by Gasteiger charge is 2.29. The molecule has 140 valence electrons. The minimum Gasteiger partial charge on any atom is -0.358 e. The van der Waals surface area contributed by atoms with Crippen LogP contribution in [-0.2, 0) is 35.8 Å². The quantitative estimate of drug-likeness (QED) is 0.678. The topological polar surface area (TPSA) is 53.2 Å². The van der Waals surface area contributed by atoms with Gasteiger partial charge in [0.25, 0.3) is 0 Å². The number of hydrogen-bond donors (Lipinski definition) is 1. The largest absolute Gasteiger partial charge is 0.358 e. The van der Waals surface area contributed by atoms with Gasteiger partial charge in [-0.05, 0) is 67.0 Å². The summed E-state index contributed by atoms with van der Waals surface area (Å²) in [5, 5.41) is 1.09. The molecule has 1 aliphatic heterocycles. The van der Waals surface area contributed by atoms with Crippen molar-refractivity contribution in [3.05, 3.63) is 64.8 Å². The van der Waals surface area contributed by atoms with Gasteiger partial charge in [0.2, 0.25) is 10.0 Å². The monoisotopic (exact) mass is 380 g/mol. The predicted octanol–water partition coefficient (Wildman–Crippen LogP) is 4.18. The Kier molecular flexibility index (Phi) is 4.10. The summed E-state index contributed by atoms with van der Waals surface area (Å²) in [6.07, 6.45) is 6.51. The average molecular weight is 381 g/mol. The highest BCUT2D eigenvalue weighted by molar-refractivity contribution is 7.89. The summed E-state index contributed by atoms with van der Waals surface area (Å²) in [5.41, 5.74) is 6.05. The van der Waals surface area contributed by atoms with E-state index in [0.29, 0.717) is 18.0 Å². The lowest BCUT2D eigenvalue weighted by molar-refractivity contribution is 0.391. The number of hydrogen-bond acceptors (Lipinski definition) is 2. The first-order chi connectivity index (χ1) is 13.1. The fourth-order valence-corrected chi connectivity index (χ4v) is 5.99. The first kappa shape index (κ1) is 17.0. The number of aromatic amines is 1. The van der Waals surface area contributed by atoms with Gasteiger partial charge in [0, 0.05) is 29.7 Å². The van der Waals surface area contributed by atoms with Crippen LogP contribution in [0.15, 0.2) is 47.4 Å². The number of aromatic nitrogens is 1. The fraction of sp³-hybridized carbons (Fsp3) is 0.364. The minimum absolute atomic E-state index is 0.417. The van der Waals surface area contributed by atoms with Gasteiger partial charge in [-0.1, -0.05) is 30.7 Å². The molecule has 5 heteroatoms. The first-order valence-electron chi connectivity index (χ1n) is 9.83. The molecule has 5 rings (SSSR count). The molecule has 0 radical (unpaired) electrons. The van der Waals surface area contributed by atoms with E-state index in [1.54, 1.807) is 10.4 Å². The maximum atomic E-state index is 13.3. The van der Waals surface area contributed by atoms with Crippen molar-refractivity contribution >= 4 is 20.9 Å². The third-order valence-electron chi connectivity index (χ3n) is 6.05. The molecule has 1 N–H and O–H groups in total. The summed E-state index contributed by atoms with van der Waals surface area (Å²) >= 11 is 0. The van der Waals surface area contributed by atoms with Crippen molar-refractivity contribution in [1.82, 2.24) is 9.29 Å². The lowest BCUT2D eigenvalue weighted by atomic mass is 10.0. The lowest BCUT2D eigenvalue weighted by Gasteiger charge is -2.28. The van der Waals surface area contributed by atoms with Crippen LogP contribution < -0.4 is 0 Å². The van der Waals surface area contributed by atoms with Gasteiger partial charge in [0.15, 0.2) is 0 Å². The highest BCUT2D eigenvalue weighted by atomic mass is 32.2. The number of fused-ring (bicyclic) bond motifs is 4. The molecular weight excluding hydrogens is 356 g/mol. The van der Waals surface area contributed by atoms with E-state index in [0.717, 1.165) is 35.7 Å². The van der Waals surface area contributed by atoms with E-state index in [4.69, 9.17) is 0 Å². The standard InChI is InChI=1S/C22H24N2O2S/c25-27(26,24-13-12-16-6-4-5-7-17(16)15-24)18-10-11-22-20(14-18)19-8-2-1-3-9-21(19)23-22/h4-7,10-11,14,23H,1-3,8-9,12-13,15H2. The normalized spacial score (nSPS) is 18.1. The van der Waals surface area contributed by atoms with E-state index in [2.05, 4.69) is 11.1 Å². The van der Waals surface area contributed by atoms with E-state index < -0.39 is 10.0 Å². The van der Waals surface area contributed by atoms with Crippen molar-refractivity contribution in [2.24, 2.45) is 0 Å². The lowest BCUT2D eigenvalue weighted by Crippen LogP contribution is -2.35. The van der Waals surface area contributed by atoms with Crippen LogP contribution in [-0.4, -0.2) is 24.3 Å². The van der Waals surface area contributed by atoms with E-state index in [-0.39, 0.29) is 0 Å². The zero-order valence-corrected chi connectivity index (χ0v) is 16.2. The second kappa shape index (κ2) is 6.50. The Bertz CT molecular complexity index is 1110. The number of nitrogens with zero attached hydrogens (tertiary/aromatic N) is 1. The van der Waals surface area contributed by atoms with Gasteiger partial charge >= 0.3 is 0 Å². The predicted molar refractivity (Wildman–Crippen MR) is 107 cm³/mol. The molecule has 0 saturated carbocycles. The molecule has 1 aromatic heterocycles. The van der Waals surface area contributed by atoms with Crippen LogP contribution in [0.1, 0.15) is 41.6 Å². The highest BCUT2D eigenvalue weighted by Crippen LogP contribution is 2.32. The summed E-state index contributed by atoms with van der Waals surface area (Å²) < 4.78 is 28.3. The van der Waals surface area contributed by atoms with Crippen LogP contribution in [0.5, 0.6) is 0 Å². The Labute approximate surface area is 160 Å². The average Bonchev–Trinajstić information content (AvgIpc) is 2.87. The maximum Gasteiger partial charge on any atom is 0.243 e. The number of H-pyrrole nitrogens is 1. The smallest absolute Gasteiger partial charge is 0.243 e. The molecular formula is C22H24N2O2S. The van der Waals surface area contributed by atoms with Crippen molar-refractivity contribution in [3.8, 4) is 0 Å². The molecule has 2 aromatic carbocycles. The Morgan fingerprint density at radius 1 is 0.889 bits per heavy atom. The Balaban J connectivity index is 1.53. The van der Waals surface area contributed by atoms with E-state index in [1.165, 1.54) is 36.1 Å². The van der Waals surface area contributed by atoms with E-state index >= 15 is 0 Å². The first-order valence-corrected chi connectivity index (χ1v) is 11.3. The molecule has 0 amide bonds. The van der Waals surface area contributed by atoms with Gasteiger partial charge in [-0.25, -0.2) is 8.42 Å². The number of aryl methyl sites for hydroxylation is 2. The van der Waals surface area contributed by atoms with Crippen LogP contribution in [0.4, 0.5) is 0 Å². The molecule has 0 atom stereocenters. The zero-order valence-electron chi connectivity index (χ0n) is 15.4. The summed E-state index contributed by atoms with van der Waals surface area (Å²) in [6, 6.07) is 13.7. The van der Waals surface area contributed by atoms with Crippen molar-refractivity contribution in [1.29, 1.82) is 0 Å². The maximum absolute atomic E-state index is 13.3. The SMILES string of the molecule is O=S(=O)(c1ccc2[nH]c3c(c2c1)CCCCC3)N1CCc2ccccc2C1. The van der Waals surface area contributed by atoms with Crippen LogP contribution in [0.2, 0.25) is 0 Å². The molecule has 0 spiro atoms. The second-order valence-corrected chi connectivity index (χ2v) is 9.65. The molecule has 1 aliphatic carbocycles. The van der Waals surface area contributed by atoms with Crippen molar-refractivity contribution in [2.45, 2.75) is 50.0 Å². The molecule has 0 fully saturated rings. The minimum atomic E-state index is -3.49. The number of nitrogens with one attached hydrogen (secondary N) is 1. The zero-order chi connectivity index (χ0) is 18.4. The second-order valence-electron chi connectivity index (χ2n) is 7.71. The van der Waals surface area contributed by atoms with Crippen molar-refractivity contribution in [3.63, 3.8) is 0 Å². The molecule has 27 heavy (non-hydrogen) atoms. The Morgan fingerprint density at radius 3 is 2.59 bits per heavy atom. The van der Waals surface area contributed by atoms with Crippen LogP contribution in [0.3, 0.4) is 0 Å². The van der Waals surface area contributed by atoms with Crippen LogP contribution in [0.25, 0.3) is 10.9 Å². The molecule has 4 nitrogen and oxygen atoms in total. The summed E-state index contributed by atoms with van der Waals surface area (Å²) in [7, 11) is -3.49. The van der Waals surface area contributed by atoms with Gasteiger partial charge in [0.1, 0.15) is 0 Å². The van der Waals surface area contributed by atoms with Gasteiger partial charge in [0.05, 0.1) is 4.90 Å². The van der Waals surface area contributed by atoms with E-state index in [1.807, 2.05) is 30.3 Å².